The molecule has 0 spiro atoms. The lowest BCUT2D eigenvalue weighted by molar-refractivity contribution is -0.114. The van der Waals surface area contributed by atoms with Gasteiger partial charge in [0.1, 0.15) is 16.5 Å². The molecular weight excluding hydrogens is 376 g/mol. The second-order valence-electron chi connectivity index (χ2n) is 5.90. The summed E-state index contributed by atoms with van der Waals surface area (Å²) in [4.78, 5) is 16.7. The first kappa shape index (κ1) is 18.0. The fourth-order valence-electron chi connectivity index (χ4n) is 2.80. The van der Waals surface area contributed by atoms with E-state index >= 15 is 0 Å². The van der Waals surface area contributed by atoms with Gasteiger partial charge in [0.15, 0.2) is 5.84 Å². The molecule has 0 unspecified atom stereocenters. The van der Waals surface area contributed by atoms with Crippen molar-refractivity contribution in [3.05, 3.63) is 65.2 Å². The Morgan fingerprint density at radius 2 is 1.89 bits per heavy atom. The van der Waals surface area contributed by atoms with Gasteiger partial charge in [0.25, 0.3) is 5.91 Å². The number of aliphatic imine (C=N–C) groups is 1. The molecule has 140 valence electrons. The molecule has 0 aromatic heterocycles. The van der Waals surface area contributed by atoms with Gasteiger partial charge in [0.2, 0.25) is 5.17 Å². The quantitative estimate of drug-likeness (QED) is 0.806. The Hall–Kier alpha value is -3.39. The fraction of sp³-hybridized carbons (Fsp3) is 0.100. The summed E-state index contributed by atoms with van der Waals surface area (Å²) in [5.41, 5.74) is 1.66. The van der Waals surface area contributed by atoms with E-state index in [2.05, 4.69) is 10.1 Å². The number of carbonyl (C=O) groups is 1. The van der Waals surface area contributed by atoms with Crippen LogP contribution in [0, 0.1) is 5.41 Å². The summed E-state index contributed by atoms with van der Waals surface area (Å²) in [6.45, 7) is 0. The summed E-state index contributed by atoms with van der Waals surface area (Å²) in [7, 11) is 3.10. The molecule has 2 aliphatic rings. The standard InChI is InChI=1S/C20H16N4O3S/c1-26-14-8-9-16(27-2)13(10-14)11-15-17(21)24-20(22-18(15)25)28-19(23-24)12-6-4-3-5-7-12/h3-11,21H,1-2H3. The van der Waals surface area contributed by atoms with Crippen LogP contribution in [0.3, 0.4) is 0 Å². The minimum Gasteiger partial charge on any atom is -0.497 e. The number of nitrogens with zero attached hydrogens (tertiary/aromatic N) is 3. The third-order valence-electron chi connectivity index (χ3n) is 4.21. The molecule has 1 amide bonds. The minimum absolute atomic E-state index is 0.0293. The Morgan fingerprint density at radius 3 is 2.61 bits per heavy atom. The van der Waals surface area contributed by atoms with Crippen LogP contribution < -0.4 is 9.47 Å². The number of fused-ring (bicyclic) bond motifs is 1. The summed E-state index contributed by atoms with van der Waals surface area (Å²) < 4.78 is 10.6. The number of hydrogen-bond acceptors (Lipinski definition) is 6. The molecule has 4 rings (SSSR count). The van der Waals surface area contributed by atoms with Crippen LogP contribution in [0.5, 0.6) is 11.5 Å². The van der Waals surface area contributed by atoms with Gasteiger partial charge >= 0.3 is 0 Å². The van der Waals surface area contributed by atoms with Crippen molar-refractivity contribution in [2.45, 2.75) is 0 Å². The van der Waals surface area contributed by atoms with Crippen LogP contribution in [-0.2, 0) is 4.79 Å². The summed E-state index contributed by atoms with van der Waals surface area (Å²) in [5.74, 6) is 0.664. The summed E-state index contributed by atoms with van der Waals surface area (Å²) in [6, 6.07) is 14.8. The Bertz CT molecular complexity index is 1060. The maximum absolute atomic E-state index is 12.6. The molecule has 8 heteroatoms. The molecule has 7 nitrogen and oxygen atoms in total. The average molecular weight is 392 g/mol. The zero-order valence-corrected chi connectivity index (χ0v) is 16.0. The topological polar surface area (TPSA) is 87.3 Å². The zero-order valence-electron chi connectivity index (χ0n) is 15.2. The molecule has 0 saturated heterocycles. The van der Waals surface area contributed by atoms with Crippen LogP contribution in [0.15, 0.2) is 64.2 Å². The van der Waals surface area contributed by atoms with E-state index in [-0.39, 0.29) is 11.4 Å². The Balaban J connectivity index is 1.72. The van der Waals surface area contributed by atoms with Gasteiger partial charge in [-0.2, -0.15) is 15.1 Å². The third-order valence-corrected chi connectivity index (χ3v) is 5.17. The largest absolute Gasteiger partial charge is 0.497 e. The van der Waals surface area contributed by atoms with Crippen molar-refractivity contribution in [3.8, 4) is 11.5 Å². The maximum Gasteiger partial charge on any atom is 0.283 e. The van der Waals surface area contributed by atoms with E-state index in [1.54, 1.807) is 38.5 Å². The molecule has 0 radical (unpaired) electrons. The van der Waals surface area contributed by atoms with Crippen LogP contribution >= 0.6 is 11.8 Å². The van der Waals surface area contributed by atoms with Gasteiger partial charge in [-0.15, -0.1) is 0 Å². The van der Waals surface area contributed by atoms with E-state index in [0.717, 1.165) is 5.56 Å². The number of amidine groups is 2. The molecule has 0 atom stereocenters. The number of nitrogens with one attached hydrogen (secondary N) is 1. The van der Waals surface area contributed by atoms with Crippen molar-refractivity contribution in [2.24, 2.45) is 10.1 Å². The molecule has 0 aliphatic carbocycles. The summed E-state index contributed by atoms with van der Waals surface area (Å²) in [6.07, 6.45) is 1.58. The lowest BCUT2D eigenvalue weighted by Crippen LogP contribution is -2.35. The Kier molecular flexibility index (Phi) is 4.70. The molecule has 2 aliphatic heterocycles. The highest BCUT2D eigenvalue weighted by Crippen LogP contribution is 2.32. The van der Waals surface area contributed by atoms with Crippen LogP contribution in [0.1, 0.15) is 11.1 Å². The second-order valence-corrected chi connectivity index (χ2v) is 6.86. The number of rotatable bonds is 4. The molecule has 0 fully saturated rings. The van der Waals surface area contributed by atoms with Crippen molar-refractivity contribution in [1.82, 2.24) is 5.01 Å². The number of carbonyl (C=O) groups excluding carboxylic acids is 1. The van der Waals surface area contributed by atoms with Crippen molar-refractivity contribution < 1.29 is 14.3 Å². The van der Waals surface area contributed by atoms with Crippen molar-refractivity contribution >= 4 is 39.8 Å². The fourth-order valence-corrected chi connectivity index (χ4v) is 3.69. The highest BCUT2D eigenvalue weighted by Gasteiger charge is 2.36. The second kappa shape index (κ2) is 7.32. The molecule has 0 saturated carbocycles. The van der Waals surface area contributed by atoms with Gasteiger partial charge in [0.05, 0.1) is 19.8 Å². The normalized spacial score (nSPS) is 17.4. The highest BCUT2D eigenvalue weighted by molar-refractivity contribution is 8.27. The van der Waals surface area contributed by atoms with Gasteiger partial charge in [-0.1, -0.05) is 30.3 Å². The molecular formula is C20H16N4O3S. The number of methoxy groups -OCH3 is 2. The monoisotopic (exact) mass is 392 g/mol. The molecule has 2 heterocycles. The van der Waals surface area contributed by atoms with Crippen molar-refractivity contribution in [1.29, 1.82) is 5.41 Å². The van der Waals surface area contributed by atoms with Crippen LogP contribution in [-0.4, -0.2) is 41.2 Å². The van der Waals surface area contributed by atoms with Crippen LogP contribution in [0.4, 0.5) is 0 Å². The zero-order chi connectivity index (χ0) is 19.7. The first-order chi connectivity index (χ1) is 13.6. The highest BCUT2D eigenvalue weighted by atomic mass is 32.2. The van der Waals surface area contributed by atoms with E-state index in [1.807, 2.05) is 30.3 Å². The Morgan fingerprint density at radius 1 is 1.11 bits per heavy atom. The number of hydrazone groups is 1. The van der Waals surface area contributed by atoms with Gasteiger partial charge in [-0.25, -0.2) is 0 Å². The number of benzene rings is 2. The number of hydrogen-bond donors (Lipinski definition) is 1. The van der Waals surface area contributed by atoms with E-state index in [0.29, 0.717) is 27.3 Å². The number of amides is 1. The van der Waals surface area contributed by atoms with Gasteiger partial charge in [0, 0.05) is 11.1 Å². The minimum atomic E-state index is -0.488. The first-order valence-corrected chi connectivity index (χ1v) is 9.20. The molecule has 1 N–H and O–H groups in total. The smallest absolute Gasteiger partial charge is 0.283 e. The first-order valence-electron chi connectivity index (χ1n) is 8.38. The Labute approximate surface area is 165 Å². The lowest BCUT2D eigenvalue weighted by Gasteiger charge is -2.20. The molecule has 2 aromatic rings. The van der Waals surface area contributed by atoms with E-state index in [1.165, 1.54) is 16.8 Å². The lowest BCUT2D eigenvalue weighted by atomic mass is 10.1. The summed E-state index contributed by atoms with van der Waals surface area (Å²) in [5, 5.41) is 15.4. The predicted molar refractivity (Wildman–Crippen MR) is 110 cm³/mol. The van der Waals surface area contributed by atoms with Crippen LogP contribution in [0.2, 0.25) is 0 Å². The number of thioether (sulfide) groups is 1. The molecule has 2 aromatic carbocycles. The third kappa shape index (κ3) is 3.18. The van der Waals surface area contributed by atoms with Gasteiger partial charge in [-0.3, -0.25) is 10.2 Å². The predicted octanol–water partition coefficient (Wildman–Crippen LogP) is 3.37. The average Bonchev–Trinajstić information content (AvgIpc) is 3.15. The number of ether oxygens (including phenoxy) is 2. The maximum atomic E-state index is 12.6. The SMILES string of the molecule is COc1ccc(OC)c(C=C2C(=N)N3N=C(c4ccccc4)SC3=NC2=O)c1. The van der Waals surface area contributed by atoms with Crippen molar-refractivity contribution in [2.75, 3.05) is 14.2 Å². The van der Waals surface area contributed by atoms with Crippen LogP contribution in [0.25, 0.3) is 6.08 Å². The molecule has 0 bridgehead atoms. The molecule has 28 heavy (non-hydrogen) atoms. The van der Waals surface area contributed by atoms with Gasteiger partial charge in [-0.05, 0) is 36.0 Å². The summed E-state index contributed by atoms with van der Waals surface area (Å²) >= 11 is 1.27. The van der Waals surface area contributed by atoms with E-state index in [9.17, 15) is 4.79 Å². The van der Waals surface area contributed by atoms with Crippen molar-refractivity contribution in [3.63, 3.8) is 0 Å². The van der Waals surface area contributed by atoms with Gasteiger partial charge < -0.3 is 9.47 Å². The van der Waals surface area contributed by atoms with E-state index in [4.69, 9.17) is 14.9 Å². The van der Waals surface area contributed by atoms with E-state index < -0.39 is 5.91 Å².